The van der Waals surface area contributed by atoms with Gasteiger partial charge in [0, 0.05) is 31.0 Å². The normalized spacial score (nSPS) is 18.9. The second kappa shape index (κ2) is 7.18. The van der Waals surface area contributed by atoms with Crippen LogP contribution < -0.4 is 5.32 Å². The van der Waals surface area contributed by atoms with E-state index in [-0.39, 0.29) is 29.0 Å². The van der Waals surface area contributed by atoms with Gasteiger partial charge in [-0.2, -0.15) is 0 Å². The lowest BCUT2D eigenvalue weighted by atomic mass is 9.93. The maximum Gasteiger partial charge on any atom is 0.257 e. The van der Waals surface area contributed by atoms with Crippen LogP contribution in [-0.2, 0) is 10.2 Å². The molecular weight excluding hydrogens is 347 g/mol. The number of rotatable bonds is 5. The number of likely N-dealkylation sites (tertiary alicyclic amines) is 1. The number of hydrogen-bond donors (Lipinski definition) is 1. The van der Waals surface area contributed by atoms with Crippen LogP contribution in [0.1, 0.15) is 41.6 Å². The molecule has 5 nitrogen and oxygen atoms in total. The summed E-state index contributed by atoms with van der Waals surface area (Å²) in [5, 5.41) is 3.09. The zero-order valence-corrected chi connectivity index (χ0v) is 15.1. The molecule has 1 aromatic carbocycles. The average molecular weight is 370 g/mol. The first-order valence-corrected chi connectivity index (χ1v) is 9.43. The van der Waals surface area contributed by atoms with Gasteiger partial charge in [-0.15, -0.1) is 0 Å². The molecule has 0 spiro atoms. The molecule has 2 fully saturated rings. The Bertz CT molecular complexity index is 804. The van der Waals surface area contributed by atoms with E-state index in [1.54, 1.807) is 11.0 Å². The van der Waals surface area contributed by atoms with Crippen molar-refractivity contribution in [3.05, 3.63) is 59.8 Å². The number of halogens is 1. The molecule has 1 N–H and O–H groups in total. The molecule has 0 unspecified atom stereocenters. The minimum atomic E-state index is -0.240. The lowest BCUT2D eigenvalue weighted by Crippen LogP contribution is -2.44. The molecule has 1 aromatic heterocycles. The molecule has 2 amide bonds. The molecule has 0 bridgehead atoms. The minimum absolute atomic E-state index is 0.0404. The first-order valence-electron chi connectivity index (χ1n) is 9.43. The number of furan rings is 1. The molecule has 1 aliphatic carbocycles. The summed E-state index contributed by atoms with van der Waals surface area (Å²) < 4.78 is 18.1. The van der Waals surface area contributed by atoms with E-state index in [0.717, 1.165) is 18.4 Å². The monoisotopic (exact) mass is 370 g/mol. The van der Waals surface area contributed by atoms with E-state index in [2.05, 4.69) is 5.32 Å². The SMILES string of the molecule is O=C(NCC1(c2ccc(F)cc2)CC1)C1CCN(C(=O)c2ccoc2)CC1. The highest BCUT2D eigenvalue weighted by molar-refractivity contribution is 5.94. The van der Waals surface area contributed by atoms with Crippen LogP contribution >= 0.6 is 0 Å². The molecule has 2 aromatic rings. The van der Waals surface area contributed by atoms with Gasteiger partial charge in [0.2, 0.25) is 5.91 Å². The van der Waals surface area contributed by atoms with E-state index in [1.165, 1.54) is 24.7 Å². The fourth-order valence-electron chi connectivity index (χ4n) is 3.84. The maximum absolute atomic E-state index is 13.1. The van der Waals surface area contributed by atoms with Crippen molar-refractivity contribution in [1.82, 2.24) is 10.2 Å². The number of benzene rings is 1. The Kier molecular flexibility index (Phi) is 4.72. The highest BCUT2D eigenvalue weighted by atomic mass is 19.1. The molecular formula is C21H23FN2O3. The summed E-state index contributed by atoms with van der Waals surface area (Å²) in [6.07, 6.45) is 6.29. The van der Waals surface area contributed by atoms with Crippen molar-refractivity contribution in [2.75, 3.05) is 19.6 Å². The van der Waals surface area contributed by atoms with Crippen LogP contribution in [0.3, 0.4) is 0 Å². The fourth-order valence-corrected chi connectivity index (χ4v) is 3.84. The third-order valence-corrected chi connectivity index (χ3v) is 5.83. The molecule has 2 heterocycles. The quantitative estimate of drug-likeness (QED) is 0.880. The van der Waals surface area contributed by atoms with E-state index >= 15 is 0 Å². The topological polar surface area (TPSA) is 62.6 Å². The predicted octanol–water partition coefficient (Wildman–Crippen LogP) is 3.12. The molecule has 1 saturated carbocycles. The summed E-state index contributed by atoms with van der Waals surface area (Å²) in [4.78, 5) is 26.7. The van der Waals surface area contributed by atoms with Crippen LogP contribution in [0.15, 0.2) is 47.3 Å². The van der Waals surface area contributed by atoms with Crippen LogP contribution in [0.4, 0.5) is 4.39 Å². The molecule has 1 saturated heterocycles. The van der Waals surface area contributed by atoms with Gasteiger partial charge >= 0.3 is 0 Å². The summed E-state index contributed by atoms with van der Waals surface area (Å²) in [5.41, 5.74) is 1.60. The van der Waals surface area contributed by atoms with Crippen molar-refractivity contribution in [1.29, 1.82) is 0 Å². The molecule has 6 heteroatoms. The van der Waals surface area contributed by atoms with Crippen molar-refractivity contribution >= 4 is 11.8 Å². The summed E-state index contributed by atoms with van der Waals surface area (Å²) in [6.45, 7) is 1.74. The third kappa shape index (κ3) is 3.75. The average Bonchev–Trinajstić information content (AvgIpc) is 3.29. The minimum Gasteiger partial charge on any atom is -0.472 e. The van der Waals surface area contributed by atoms with Crippen LogP contribution in [0.2, 0.25) is 0 Å². The number of carbonyl (C=O) groups is 2. The van der Waals surface area contributed by atoms with E-state index in [9.17, 15) is 14.0 Å². The zero-order chi connectivity index (χ0) is 18.9. The first-order chi connectivity index (χ1) is 13.1. The van der Waals surface area contributed by atoms with Crippen LogP contribution in [0.25, 0.3) is 0 Å². The van der Waals surface area contributed by atoms with Crippen molar-refractivity contribution in [2.45, 2.75) is 31.1 Å². The number of piperidine rings is 1. The highest BCUT2D eigenvalue weighted by Gasteiger charge is 2.44. The van der Waals surface area contributed by atoms with Gasteiger partial charge in [-0.25, -0.2) is 4.39 Å². The first kappa shape index (κ1) is 17.8. The van der Waals surface area contributed by atoms with E-state index in [4.69, 9.17) is 4.42 Å². The molecule has 142 valence electrons. The summed E-state index contributed by atoms with van der Waals surface area (Å²) in [7, 11) is 0. The third-order valence-electron chi connectivity index (χ3n) is 5.83. The van der Waals surface area contributed by atoms with Crippen molar-refractivity contribution in [3.8, 4) is 0 Å². The molecule has 4 rings (SSSR count). The lowest BCUT2D eigenvalue weighted by Gasteiger charge is -2.31. The van der Waals surface area contributed by atoms with Gasteiger partial charge in [0.05, 0.1) is 11.8 Å². The largest absolute Gasteiger partial charge is 0.472 e. The van der Waals surface area contributed by atoms with Gasteiger partial charge in [-0.05, 0) is 49.4 Å². The summed E-state index contributed by atoms with van der Waals surface area (Å²) in [6, 6.07) is 8.24. The van der Waals surface area contributed by atoms with E-state index in [1.807, 2.05) is 12.1 Å². The number of amides is 2. The van der Waals surface area contributed by atoms with E-state index in [0.29, 0.717) is 38.0 Å². The Hall–Kier alpha value is -2.63. The van der Waals surface area contributed by atoms with Gasteiger partial charge < -0.3 is 14.6 Å². The number of nitrogens with zero attached hydrogens (tertiary/aromatic N) is 1. The highest BCUT2D eigenvalue weighted by Crippen LogP contribution is 2.47. The molecule has 2 aliphatic rings. The second-order valence-electron chi connectivity index (χ2n) is 7.58. The molecule has 1 aliphatic heterocycles. The van der Waals surface area contributed by atoms with Crippen LogP contribution in [0.5, 0.6) is 0 Å². The van der Waals surface area contributed by atoms with Gasteiger partial charge in [0.25, 0.3) is 5.91 Å². The number of nitrogens with one attached hydrogen (secondary N) is 1. The maximum atomic E-state index is 13.1. The number of carbonyl (C=O) groups excluding carboxylic acids is 2. The van der Waals surface area contributed by atoms with Gasteiger partial charge in [-0.3, -0.25) is 9.59 Å². The Morgan fingerprint density at radius 2 is 1.85 bits per heavy atom. The smallest absolute Gasteiger partial charge is 0.257 e. The fraction of sp³-hybridized carbons (Fsp3) is 0.429. The standard InChI is InChI=1S/C21H23FN2O3/c22-18-3-1-17(2-4-18)21(8-9-21)14-23-19(25)15-5-10-24(11-6-15)20(26)16-7-12-27-13-16/h1-4,7,12-13,15H,5-6,8-11,14H2,(H,23,25). The van der Waals surface area contributed by atoms with Crippen LogP contribution in [-0.4, -0.2) is 36.3 Å². The summed E-state index contributed by atoms with van der Waals surface area (Å²) in [5.74, 6) is -0.299. The Labute approximate surface area is 157 Å². The van der Waals surface area contributed by atoms with Crippen molar-refractivity contribution in [3.63, 3.8) is 0 Å². The second-order valence-corrected chi connectivity index (χ2v) is 7.58. The zero-order valence-electron chi connectivity index (χ0n) is 15.1. The van der Waals surface area contributed by atoms with Crippen molar-refractivity contribution < 1.29 is 18.4 Å². The van der Waals surface area contributed by atoms with Crippen molar-refractivity contribution in [2.24, 2.45) is 5.92 Å². The number of hydrogen-bond acceptors (Lipinski definition) is 3. The Morgan fingerprint density at radius 3 is 2.44 bits per heavy atom. The lowest BCUT2D eigenvalue weighted by molar-refractivity contribution is -0.126. The molecule has 0 radical (unpaired) electrons. The predicted molar refractivity (Wildman–Crippen MR) is 97.7 cm³/mol. The Morgan fingerprint density at radius 1 is 1.15 bits per heavy atom. The summed E-state index contributed by atoms with van der Waals surface area (Å²) >= 11 is 0. The Balaban J connectivity index is 1.27. The van der Waals surface area contributed by atoms with Gasteiger partial charge in [-0.1, -0.05) is 12.1 Å². The van der Waals surface area contributed by atoms with Crippen LogP contribution in [0, 0.1) is 11.7 Å². The van der Waals surface area contributed by atoms with E-state index < -0.39 is 0 Å². The molecule has 0 atom stereocenters. The van der Waals surface area contributed by atoms with Gasteiger partial charge in [0.15, 0.2) is 0 Å². The molecule has 27 heavy (non-hydrogen) atoms. The van der Waals surface area contributed by atoms with Gasteiger partial charge in [0.1, 0.15) is 12.1 Å².